The summed E-state index contributed by atoms with van der Waals surface area (Å²) in [6.07, 6.45) is 0. The molecule has 0 atom stereocenters. The third kappa shape index (κ3) is 2.15. The molecule has 96 valence electrons. The van der Waals surface area contributed by atoms with Crippen LogP contribution < -0.4 is 9.47 Å². The van der Waals surface area contributed by atoms with E-state index >= 15 is 0 Å². The average Bonchev–Trinajstić information content (AvgIpc) is 2.35. The summed E-state index contributed by atoms with van der Waals surface area (Å²) < 4.78 is 10.8. The molecule has 2 aromatic rings. The lowest BCUT2D eigenvalue weighted by Gasteiger charge is -2.22. The van der Waals surface area contributed by atoms with E-state index in [-0.39, 0.29) is 5.41 Å². The Morgan fingerprint density at radius 1 is 0.833 bits per heavy atom. The fourth-order valence-electron chi connectivity index (χ4n) is 2.26. The number of benzene rings is 2. The molecule has 2 heteroatoms. The van der Waals surface area contributed by atoms with Crippen molar-refractivity contribution in [2.75, 3.05) is 14.2 Å². The van der Waals surface area contributed by atoms with Crippen LogP contribution in [0.1, 0.15) is 26.3 Å². The standard InChI is InChI=1S/C16H20O2/c1-16(2,3)14-8-9-15(18-5)12-7-6-11(17-4)10-13(12)14/h6-10H,1-5H3. The first-order valence-corrected chi connectivity index (χ1v) is 6.12. The van der Waals surface area contributed by atoms with Crippen molar-refractivity contribution in [1.29, 1.82) is 0 Å². The lowest BCUT2D eigenvalue weighted by Crippen LogP contribution is -2.11. The zero-order valence-corrected chi connectivity index (χ0v) is 11.7. The van der Waals surface area contributed by atoms with Crippen LogP contribution in [-0.4, -0.2) is 14.2 Å². The number of hydrogen-bond donors (Lipinski definition) is 0. The van der Waals surface area contributed by atoms with Crippen molar-refractivity contribution in [2.24, 2.45) is 0 Å². The number of fused-ring (bicyclic) bond motifs is 1. The summed E-state index contributed by atoms with van der Waals surface area (Å²) in [5, 5.41) is 2.33. The molecule has 0 unspecified atom stereocenters. The molecule has 2 aromatic carbocycles. The molecule has 0 aromatic heterocycles. The Bertz CT molecular complexity index is 565. The molecule has 0 radical (unpaired) electrons. The number of ether oxygens (including phenoxy) is 2. The lowest BCUT2D eigenvalue weighted by atomic mass is 9.83. The molecule has 0 N–H and O–H groups in total. The molecule has 0 amide bonds. The molecular weight excluding hydrogens is 224 g/mol. The van der Waals surface area contributed by atoms with Crippen LogP contribution in [0.4, 0.5) is 0 Å². The van der Waals surface area contributed by atoms with Gasteiger partial charge in [0.05, 0.1) is 14.2 Å². The highest BCUT2D eigenvalue weighted by Crippen LogP contribution is 2.36. The average molecular weight is 244 g/mol. The second-order valence-electron chi connectivity index (χ2n) is 5.48. The predicted molar refractivity (Wildman–Crippen MR) is 75.8 cm³/mol. The minimum atomic E-state index is 0.0941. The van der Waals surface area contributed by atoms with Gasteiger partial charge in [-0.1, -0.05) is 26.8 Å². The van der Waals surface area contributed by atoms with E-state index in [0.29, 0.717) is 0 Å². The van der Waals surface area contributed by atoms with Gasteiger partial charge in [0.25, 0.3) is 0 Å². The van der Waals surface area contributed by atoms with Crippen molar-refractivity contribution in [2.45, 2.75) is 26.2 Å². The van der Waals surface area contributed by atoms with Gasteiger partial charge < -0.3 is 9.47 Å². The Kier molecular flexibility index (Phi) is 3.20. The topological polar surface area (TPSA) is 18.5 Å². The van der Waals surface area contributed by atoms with Gasteiger partial charge in [0.2, 0.25) is 0 Å². The largest absolute Gasteiger partial charge is 0.497 e. The van der Waals surface area contributed by atoms with E-state index in [1.54, 1.807) is 14.2 Å². The molecule has 18 heavy (non-hydrogen) atoms. The van der Waals surface area contributed by atoms with E-state index in [1.807, 2.05) is 12.1 Å². The molecule has 2 rings (SSSR count). The smallest absolute Gasteiger partial charge is 0.126 e. The molecular formula is C16H20O2. The lowest BCUT2D eigenvalue weighted by molar-refractivity contribution is 0.414. The summed E-state index contributed by atoms with van der Waals surface area (Å²) >= 11 is 0. The molecule has 0 aliphatic heterocycles. The fourth-order valence-corrected chi connectivity index (χ4v) is 2.26. The highest BCUT2D eigenvalue weighted by Gasteiger charge is 2.18. The molecule has 2 nitrogen and oxygen atoms in total. The van der Waals surface area contributed by atoms with Gasteiger partial charge in [-0.05, 0) is 40.6 Å². The Labute approximate surface area is 109 Å². The molecule has 0 saturated carbocycles. The molecule has 0 spiro atoms. The summed E-state index contributed by atoms with van der Waals surface area (Å²) in [7, 11) is 3.40. The monoisotopic (exact) mass is 244 g/mol. The fraction of sp³-hybridized carbons (Fsp3) is 0.375. The van der Waals surface area contributed by atoms with Gasteiger partial charge >= 0.3 is 0 Å². The van der Waals surface area contributed by atoms with Gasteiger partial charge in [0, 0.05) is 5.39 Å². The summed E-state index contributed by atoms with van der Waals surface area (Å²) in [6, 6.07) is 10.3. The van der Waals surface area contributed by atoms with Crippen molar-refractivity contribution in [3.63, 3.8) is 0 Å². The van der Waals surface area contributed by atoms with Crippen LogP contribution in [0.2, 0.25) is 0 Å². The summed E-state index contributed by atoms with van der Waals surface area (Å²) in [5.74, 6) is 1.78. The van der Waals surface area contributed by atoms with Crippen molar-refractivity contribution in [3.8, 4) is 11.5 Å². The summed E-state index contributed by atoms with van der Waals surface area (Å²) in [6.45, 7) is 6.65. The van der Waals surface area contributed by atoms with E-state index in [1.165, 1.54) is 10.9 Å². The first-order valence-electron chi connectivity index (χ1n) is 6.12. The maximum atomic E-state index is 5.43. The highest BCUT2D eigenvalue weighted by atomic mass is 16.5. The zero-order valence-electron chi connectivity index (χ0n) is 11.7. The number of rotatable bonds is 2. The normalized spacial score (nSPS) is 11.6. The van der Waals surface area contributed by atoms with E-state index in [2.05, 4.69) is 39.0 Å². The number of hydrogen-bond acceptors (Lipinski definition) is 2. The predicted octanol–water partition coefficient (Wildman–Crippen LogP) is 4.15. The maximum absolute atomic E-state index is 5.43. The minimum absolute atomic E-state index is 0.0941. The summed E-state index contributed by atoms with van der Waals surface area (Å²) in [5.41, 5.74) is 1.40. The van der Waals surface area contributed by atoms with E-state index in [0.717, 1.165) is 16.9 Å². The van der Waals surface area contributed by atoms with Gasteiger partial charge in [-0.3, -0.25) is 0 Å². The molecule has 0 fully saturated rings. The molecule has 0 aliphatic carbocycles. The van der Waals surface area contributed by atoms with Crippen LogP contribution in [-0.2, 0) is 5.41 Å². The van der Waals surface area contributed by atoms with Crippen LogP contribution in [0.25, 0.3) is 10.8 Å². The van der Waals surface area contributed by atoms with Crippen LogP contribution in [0, 0.1) is 0 Å². The molecule has 0 heterocycles. The Hall–Kier alpha value is -1.70. The minimum Gasteiger partial charge on any atom is -0.497 e. The molecule has 0 saturated heterocycles. The van der Waals surface area contributed by atoms with Gasteiger partial charge in [-0.2, -0.15) is 0 Å². The van der Waals surface area contributed by atoms with Gasteiger partial charge in [-0.25, -0.2) is 0 Å². The van der Waals surface area contributed by atoms with E-state index in [4.69, 9.17) is 9.47 Å². The van der Waals surface area contributed by atoms with Crippen LogP contribution in [0.5, 0.6) is 11.5 Å². The van der Waals surface area contributed by atoms with Crippen molar-refractivity contribution in [3.05, 3.63) is 35.9 Å². The van der Waals surface area contributed by atoms with Crippen molar-refractivity contribution in [1.82, 2.24) is 0 Å². The van der Waals surface area contributed by atoms with Gasteiger partial charge in [0.15, 0.2) is 0 Å². The Balaban J connectivity index is 2.80. The molecule has 0 aliphatic rings. The van der Waals surface area contributed by atoms with Crippen LogP contribution >= 0.6 is 0 Å². The Morgan fingerprint density at radius 3 is 2.11 bits per heavy atom. The zero-order chi connectivity index (χ0) is 13.3. The van der Waals surface area contributed by atoms with Gasteiger partial charge in [-0.15, -0.1) is 0 Å². The third-order valence-corrected chi connectivity index (χ3v) is 3.21. The third-order valence-electron chi connectivity index (χ3n) is 3.21. The second-order valence-corrected chi connectivity index (χ2v) is 5.48. The quantitative estimate of drug-likeness (QED) is 0.790. The highest BCUT2D eigenvalue weighted by molar-refractivity contribution is 5.92. The Morgan fingerprint density at radius 2 is 1.56 bits per heavy atom. The van der Waals surface area contributed by atoms with E-state index in [9.17, 15) is 0 Å². The second kappa shape index (κ2) is 4.52. The van der Waals surface area contributed by atoms with Crippen molar-refractivity contribution >= 4 is 10.8 Å². The summed E-state index contributed by atoms with van der Waals surface area (Å²) in [4.78, 5) is 0. The first kappa shape index (κ1) is 12.7. The molecule has 0 bridgehead atoms. The SMILES string of the molecule is COc1ccc2c(OC)ccc(C(C)(C)C)c2c1. The van der Waals surface area contributed by atoms with Crippen LogP contribution in [0.3, 0.4) is 0 Å². The number of methoxy groups -OCH3 is 2. The van der Waals surface area contributed by atoms with E-state index < -0.39 is 0 Å². The van der Waals surface area contributed by atoms with Crippen LogP contribution in [0.15, 0.2) is 30.3 Å². The first-order chi connectivity index (χ1) is 8.47. The van der Waals surface area contributed by atoms with Gasteiger partial charge in [0.1, 0.15) is 11.5 Å². The van der Waals surface area contributed by atoms with Crippen molar-refractivity contribution < 1.29 is 9.47 Å². The maximum Gasteiger partial charge on any atom is 0.126 e.